The molecular formula is C6H11NO3. The molecule has 0 amide bonds. The summed E-state index contributed by atoms with van der Waals surface area (Å²) in [5.41, 5.74) is 0. The Morgan fingerprint density at radius 1 is 1.80 bits per heavy atom. The average Bonchev–Trinajstić information content (AvgIpc) is 1.97. The summed E-state index contributed by atoms with van der Waals surface area (Å²) in [7, 11) is 0. The van der Waals surface area contributed by atoms with Crippen molar-refractivity contribution < 1.29 is 14.6 Å². The van der Waals surface area contributed by atoms with Crippen LogP contribution in [0.5, 0.6) is 0 Å². The second kappa shape index (κ2) is 6.25. The average molecular weight is 145 g/mol. The van der Waals surface area contributed by atoms with Crippen LogP contribution in [0.15, 0.2) is 12.7 Å². The smallest absolute Gasteiger partial charge is 0.320 e. The molecule has 0 heterocycles. The van der Waals surface area contributed by atoms with Crippen molar-refractivity contribution in [3.8, 4) is 0 Å². The summed E-state index contributed by atoms with van der Waals surface area (Å²) < 4.78 is 4.56. The molecule has 0 fully saturated rings. The van der Waals surface area contributed by atoms with E-state index in [0.29, 0.717) is 0 Å². The lowest BCUT2D eigenvalue weighted by Gasteiger charge is -2.00. The Morgan fingerprint density at radius 2 is 2.50 bits per heavy atom. The van der Waals surface area contributed by atoms with Gasteiger partial charge in [0, 0.05) is 0 Å². The summed E-state index contributed by atoms with van der Waals surface area (Å²) in [6.45, 7) is 3.39. The van der Waals surface area contributed by atoms with Crippen LogP contribution in [-0.2, 0) is 9.53 Å². The summed E-state index contributed by atoms with van der Waals surface area (Å²) in [5.74, 6) is -0.394. The van der Waals surface area contributed by atoms with Gasteiger partial charge in [-0.1, -0.05) is 12.7 Å². The highest BCUT2D eigenvalue weighted by atomic mass is 16.5. The lowest BCUT2D eigenvalue weighted by molar-refractivity contribution is -0.141. The van der Waals surface area contributed by atoms with Crippen LogP contribution in [-0.4, -0.2) is 31.0 Å². The molecule has 0 bridgehead atoms. The highest BCUT2D eigenvalue weighted by Gasteiger charge is 1.97. The minimum Gasteiger partial charge on any atom is -0.461 e. The van der Waals surface area contributed by atoms with Crippen molar-refractivity contribution in [1.29, 1.82) is 0 Å². The SMILES string of the molecule is C=CCOC(=O)CNCO. The quantitative estimate of drug-likeness (QED) is 0.304. The molecule has 0 aromatic carbocycles. The standard InChI is InChI=1S/C6H11NO3/c1-2-3-10-6(9)4-7-5-8/h2,7-8H,1,3-5H2. The second-order valence-corrected chi connectivity index (χ2v) is 1.56. The van der Waals surface area contributed by atoms with Crippen molar-refractivity contribution in [2.45, 2.75) is 0 Å². The number of ether oxygens (including phenoxy) is 1. The second-order valence-electron chi connectivity index (χ2n) is 1.56. The van der Waals surface area contributed by atoms with E-state index in [1.165, 1.54) is 6.08 Å². The zero-order valence-corrected chi connectivity index (χ0v) is 5.67. The third kappa shape index (κ3) is 5.27. The maximum atomic E-state index is 10.5. The van der Waals surface area contributed by atoms with E-state index in [2.05, 4.69) is 16.6 Å². The molecule has 0 unspecified atom stereocenters. The third-order valence-corrected chi connectivity index (χ3v) is 0.743. The number of esters is 1. The Labute approximate surface area is 59.5 Å². The molecule has 0 aliphatic rings. The molecule has 0 aliphatic heterocycles. The minimum atomic E-state index is -0.394. The minimum absolute atomic E-state index is 0.0321. The van der Waals surface area contributed by atoms with Gasteiger partial charge < -0.3 is 9.84 Å². The van der Waals surface area contributed by atoms with E-state index in [4.69, 9.17) is 5.11 Å². The number of carbonyl (C=O) groups is 1. The van der Waals surface area contributed by atoms with Gasteiger partial charge in [0.1, 0.15) is 6.61 Å². The molecule has 10 heavy (non-hydrogen) atoms. The predicted octanol–water partition coefficient (Wildman–Crippen LogP) is -0.745. The van der Waals surface area contributed by atoms with Crippen LogP contribution in [0, 0.1) is 0 Å². The largest absolute Gasteiger partial charge is 0.461 e. The number of rotatable bonds is 5. The lowest BCUT2D eigenvalue weighted by Crippen LogP contribution is -2.25. The number of carbonyl (C=O) groups excluding carboxylic acids is 1. The first-order chi connectivity index (χ1) is 4.81. The molecule has 0 saturated heterocycles. The van der Waals surface area contributed by atoms with Crippen LogP contribution in [0.3, 0.4) is 0 Å². The van der Waals surface area contributed by atoms with Crippen LogP contribution in [0.25, 0.3) is 0 Å². The molecular weight excluding hydrogens is 134 g/mol. The number of hydrogen-bond donors (Lipinski definition) is 2. The van der Waals surface area contributed by atoms with Crippen LogP contribution < -0.4 is 5.32 Å². The number of aliphatic hydroxyl groups excluding tert-OH is 1. The van der Waals surface area contributed by atoms with Crippen molar-refractivity contribution in [2.24, 2.45) is 0 Å². The monoisotopic (exact) mass is 145 g/mol. The molecule has 0 aliphatic carbocycles. The van der Waals surface area contributed by atoms with E-state index in [1.54, 1.807) is 0 Å². The van der Waals surface area contributed by atoms with E-state index in [0.717, 1.165) is 0 Å². The van der Waals surface area contributed by atoms with Crippen molar-refractivity contribution in [1.82, 2.24) is 5.32 Å². The molecule has 2 N–H and O–H groups in total. The van der Waals surface area contributed by atoms with Gasteiger partial charge in [-0.3, -0.25) is 10.1 Å². The van der Waals surface area contributed by atoms with Gasteiger partial charge in [0.15, 0.2) is 0 Å². The number of hydrogen-bond acceptors (Lipinski definition) is 4. The molecule has 58 valence electrons. The maximum Gasteiger partial charge on any atom is 0.320 e. The Bertz CT molecular complexity index is 114. The van der Waals surface area contributed by atoms with Gasteiger partial charge >= 0.3 is 5.97 Å². The first-order valence-electron chi connectivity index (χ1n) is 2.89. The van der Waals surface area contributed by atoms with Gasteiger partial charge in [-0.15, -0.1) is 0 Å². The predicted molar refractivity (Wildman–Crippen MR) is 36.2 cm³/mol. The van der Waals surface area contributed by atoms with Crippen LogP contribution in [0.2, 0.25) is 0 Å². The zero-order chi connectivity index (χ0) is 7.82. The first-order valence-corrected chi connectivity index (χ1v) is 2.89. The summed E-state index contributed by atoms with van der Waals surface area (Å²) in [6.07, 6.45) is 1.48. The number of aliphatic hydroxyl groups is 1. The maximum absolute atomic E-state index is 10.5. The molecule has 0 radical (unpaired) electrons. The van der Waals surface area contributed by atoms with Gasteiger partial charge in [0.25, 0.3) is 0 Å². The van der Waals surface area contributed by atoms with E-state index in [9.17, 15) is 4.79 Å². The first kappa shape index (κ1) is 9.13. The Morgan fingerprint density at radius 3 is 3.00 bits per heavy atom. The van der Waals surface area contributed by atoms with Gasteiger partial charge in [0.05, 0.1) is 13.3 Å². The summed E-state index contributed by atoms with van der Waals surface area (Å²) in [4.78, 5) is 10.5. The van der Waals surface area contributed by atoms with E-state index in [1.807, 2.05) is 0 Å². The Balaban J connectivity index is 3.16. The summed E-state index contributed by atoms with van der Waals surface area (Å²) >= 11 is 0. The molecule has 0 rings (SSSR count). The molecule has 0 atom stereocenters. The molecule has 0 saturated carbocycles. The van der Waals surface area contributed by atoms with Gasteiger partial charge in [-0.05, 0) is 0 Å². The normalized spacial score (nSPS) is 8.90. The van der Waals surface area contributed by atoms with Gasteiger partial charge in [-0.25, -0.2) is 0 Å². The lowest BCUT2D eigenvalue weighted by atomic mass is 10.6. The Kier molecular flexibility index (Phi) is 5.71. The highest BCUT2D eigenvalue weighted by Crippen LogP contribution is 1.75. The van der Waals surface area contributed by atoms with Crippen LogP contribution >= 0.6 is 0 Å². The summed E-state index contributed by atoms with van der Waals surface area (Å²) in [6, 6.07) is 0. The zero-order valence-electron chi connectivity index (χ0n) is 5.67. The fourth-order valence-electron chi connectivity index (χ4n) is 0.361. The van der Waals surface area contributed by atoms with Crippen molar-refractivity contribution >= 4 is 5.97 Å². The fourth-order valence-corrected chi connectivity index (χ4v) is 0.361. The summed E-state index contributed by atoms with van der Waals surface area (Å²) in [5, 5.41) is 10.6. The van der Waals surface area contributed by atoms with Crippen molar-refractivity contribution in [3.05, 3.63) is 12.7 Å². The highest BCUT2D eigenvalue weighted by molar-refractivity contribution is 5.71. The third-order valence-electron chi connectivity index (χ3n) is 0.743. The number of nitrogens with one attached hydrogen (secondary N) is 1. The van der Waals surface area contributed by atoms with Crippen LogP contribution in [0.4, 0.5) is 0 Å². The van der Waals surface area contributed by atoms with Gasteiger partial charge in [-0.2, -0.15) is 0 Å². The van der Waals surface area contributed by atoms with Gasteiger partial charge in [0.2, 0.25) is 0 Å². The molecule has 0 spiro atoms. The molecule has 0 aromatic rings. The van der Waals surface area contributed by atoms with Crippen molar-refractivity contribution in [2.75, 3.05) is 19.9 Å². The Hall–Kier alpha value is -0.870. The van der Waals surface area contributed by atoms with Crippen LogP contribution in [0.1, 0.15) is 0 Å². The van der Waals surface area contributed by atoms with Crippen molar-refractivity contribution in [3.63, 3.8) is 0 Å². The molecule has 0 aromatic heterocycles. The topological polar surface area (TPSA) is 58.6 Å². The fraction of sp³-hybridized carbons (Fsp3) is 0.500. The molecule has 4 heteroatoms. The van der Waals surface area contributed by atoms with E-state index < -0.39 is 5.97 Å². The van der Waals surface area contributed by atoms with E-state index >= 15 is 0 Å². The molecule has 4 nitrogen and oxygen atoms in total. The van der Waals surface area contributed by atoms with E-state index in [-0.39, 0.29) is 19.9 Å².